The number of halogens is 1. The molecule has 0 saturated carbocycles. The van der Waals surface area contributed by atoms with Crippen LogP contribution in [0.15, 0.2) is 24.3 Å². The maximum absolute atomic E-state index is 12.0. The Morgan fingerprint density at radius 2 is 2.00 bits per heavy atom. The molecule has 1 amide bonds. The Balaban J connectivity index is 1.95. The first-order valence-corrected chi connectivity index (χ1v) is 8.97. The van der Waals surface area contributed by atoms with Crippen molar-refractivity contribution in [3.05, 3.63) is 29.3 Å². The second-order valence-electron chi connectivity index (χ2n) is 5.22. The maximum Gasteiger partial charge on any atom is 0.227 e. The van der Waals surface area contributed by atoms with E-state index in [4.69, 9.17) is 11.6 Å². The van der Waals surface area contributed by atoms with Gasteiger partial charge in [0.25, 0.3) is 0 Å². The molecule has 1 N–H and O–H groups in total. The zero-order valence-electron chi connectivity index (χ0n) is 11.9. The number of amides is 1. The van der Waals surface area contributed by atoms with Crippen LogP contribution in [0.2, 0.25) is 5.02 Å². The van der Waals surface area contributed by atoms with Crippen molar-refractivity contribution in [2.45, 2.75) is 19.8 Å². The van der Waals surface area contributed by atoms with E-state index >= 15 is 0 Å². The van der Waals surface area contributed by atoms with Crippen molar-refractivity contribution in [3.63, 3.8) is 0 Å². The number of nitrogens with one attached hydrogen (secondary N) is 1. The highest BCUT2D eigenvalue weighted by molar-refractivity contribution is 7.89. The molecule has 1 aliphatic heterocycles. The van der Waals surface area contributed by atoms with Crippen molar-refractivity contribution in [2.24, 2.45) is 5.92 Å². The molecule has 0 radical (unpaired) electrons. The molecule has 0 aliphatic carbocycles. The van der Waals surface area contributed by atoms with Gasteiger partial charge in [0.2, 0.25) is 15.9 Å². The standard InChI is InChI=1S/C14H19ClN2O3S/c1-2-7-21(19,20)16-9-11-8-14(18)17(10-11)13-5-3-12(15)4-6-13/h3-6,11,16H,2,7-10H2,1H3. The van der Waals surface area contributed by atoms with Crippen molar-refractivity contribution in [3.8, 4) is 0 Å². The maximum atomic E-state index is 12.0. The van der Waals surface area contributed by atoms with Gasteiger partial charge in [-0.05, 0) is 36.6 Å². The van der Waals surface area contributed by atoms with Crippen molar-refractivity contribution in [2.75, 3.05) is 23.7 Å². The molecule has 1 unspecified atom stereocenters. The molecule has 21 heavy (non-hydrogen) atoms. The lowest BCUT2D eigenvalue weighted by atomic mass is 10.1. The highest BCUT2D eigenvalue weighted by Gasteiger charge is 2.31. The quantitative estimate of drug-likeness (QED) is 0.867. The fraction of sp³-hybridized carbons (Fsp3) is 0.500. The smallest absolute Gasteiger partial charge is 0.227 e. The number of sulfonamides is 1. The molecule has 1 aliphatic rings. The highest BCUT2D eigenvalue weighted by atomic mass is 35.5. The van der Waals surface area contributed by atoms with E-state index in [0.717, 1.165) is 5.69 Å². The van der Waals surface area contributed by atoms with Crippen molar-refractivity contribution in [1.29, 1.82) is 0 Å². The third-order valence-corrected chi connectivity index (χ3v) is 5.21. The van der Waals surface area contributed by atoms with E-state index in [2.05, 4.69) is 4.72 Å². The van der Waals surface area contributed by atoms with Gasteiger partial charge in [0.05, 0.1) is 5.75 Å². The first-order valence-electron chi connectivity index (χ1n) is 6.94. The van der Waals surface area contributed by atoms with E-state index in [1.165, 1.54) is 0 Å². The average molecular weight is 331 g/mol. The lowest BCUT2D eigenvalue weighted by Gasteiger charge is -2.17. The van der Waals surface area contributed by atoms with Crippen LogP contribution >= 0.6 is 11.6 Å². The third kappa shape index (κ3) is 4.43. The molecule has 116 valence electrons. The number of carbonyl (C=O) groups excluding carboxylic acids is 1. The van der Waals surface area contributed by atoms with Gasteiger partial charge < -0.3 is 4.90 Å². The van der Waals surface area contributed by atoms with Gasteiger partial charge in [0, 0.05) is 30.2 Å². The lowest BCUT2D eigenvalue weighted by Crippen LogP contribution is -2.32. The van der Waals surface area contributed by atoms with Gasteiger partial charge >= 0.3 is 0 Å². The summed E-state index contributed by atoms with van der Waals surface area (Å²) < 4.78 is 25.8. The molecule has 1 atom stereocenters. The molecular weight excluding hydrogens is 312 g/mol. The van der Waals surface area contributed by atoms with Crippen molar-refractivity contribution in [1.82, 2.24) is 4.72 Å². The Bertz CT molecular complexity index is 601. The number of rotatable bonds is 6. The van der Waals surface area contributed by atoms with Crippen LogP contribution in [0.4, 0.5) is 5.69 Å². The molecule has 1 fully saturated rings. The van der Waals surface area contributed by atoms with E-state index < -0.39 is 10.0 Å². The number of carbonyl (C=O) groups is 1. The second-order valence-corrected chi connectivity index (χ2v) is 7.58. The Labute approximate surface area is 130 Å². The third-order valence-electron chi connectivity index (χ3n) is 3.41. The summed E-state index contributed by atoms with van der Waals surface area (Å²) in [5.41, 5.74) is 0.795. The predicted molar refractivity (Wildman–Crippen MR) is 84.0 cm³/mol. The minimum Gasteiger partial charge on any atom is -0.312 e. The lowest BCUT2D eigenvalue weighted by molar-refractivity contribution is -0.117. The van der Waals surface area contributed by atoms with Crippen LogP contribution in [0, 0.1) is 5.92 Å². The van der Waals surface area contributed by atoms with E-state index in [0.29, 0.717) is 31.0 Å². The number of hydrogen-bond acceptors (Lipinski definition) is 3. The Morgan fingerprint density at radius 3 is 2.62 bits per heavy atom. The summed E-state index contributed by atoms with van der Waals surface area (Å²) in [6.45, 7) is 2.65. The van der Waals surface area contributed by atoms with Gasteiger partial charge in [-0.2, -0.15) is 0 Å². The summed E-state index contributed by atoms with van der Waals surface area (Å²) in [5.74, 6) is 0.131. The number of anilines is 1. The molecule has 2 rings (SSSR count). The number of benzene rings is 1. The zero-order chi connectivity index (χ0) is 15.5. The van der Waals surface area contributed by atoms with Crippen molar-refractivity contribution >= 4 is 33.2 Å². The van der Waals surface area contributed by atoms with Crippen LogP contribution in [0.5, 0.6) is 0 Å². The highest BCUT2D eigenvalue weighted by Crippen LogP contribution is 2.26. The summed E-state index contributed by atoms with van der Waals surface area (Å²) >= 11 is 5.83. The fourth-order valence-electron chi connectivity index (χ4n) is 2.37. The van der Waals surface area contributed by atoms with Crippen LogP contribution in [-0.4, -0.2) is 33.2 Å². The van der Waals surface area contributed by atoms with Gasteiger partial charge in [-0.3, -0.25) is 4.79 Å². The summed E-state index contributed by atoms with van der Waals surface area (Å²) in [6.07, 6.45) is 0.938. The first kappa shape index (κ1) is 16.3. The molecule has 5 nitrogen and oxygen atoms in total. The van der Waals surface area contributed by atoms with Crippen LogP contribution in [0.3, 0.4) is 0 Å². The fourth-order valence-corrected chi connectivity index (χ4v) is 3.67. The number of nitrogens with zero attached hydrogens (tertiary/aromatic N) is 1. The molecule has 1 aromatic carbocycles. The van der Waals surface area contributed by atoms with Crippen LogP contribution in [0.1, 0.15) is 19.8 Å². The predicted octanol–water partition coefficient (Wildman–Crippen LogP) is 2.02. The Hall–Kier alpha value is -1.11. The average Bonchev–Trinajstić information content (AvgIpc) is 2.79. The van der Waals surface area contributed by atoms with Crippen LogP contribution in [-0.2, 0) is 14.8 Å². The van der Waals surface area contributed by atoms with E-state index in [9.17, 15) is 13.2 Å². The first-order chi connectivity index (χ1) is 9.91. The van der Waals surface area contributed by atoms with Crippen molar-refractivity contribution < 1.29 is 13.2 Å². The second kappa shape index (κ2) is 6.77. The van der Waals surface area contributed by atoms with E-state index in [1.807, 2.05) is 6.92 Å². The Morgan fingerprint density at radius 1 is 1.33 bits per heavy atom. The molecule has 1 heterocycles. The summed E-state index contributed by atoms with van der Waals surface area (Å²) in [4.78, 5) is 13.7. The van der Waals surface area contributed by atoms with E-state index in [1.54, 1.807) is 29.2 Å². The van der Waals surface area contributed by atoms with Gasteiger partial charge in [-0.1, -0.05) is 18.5 Å². The minimum atomic E-state index is -3.22. The Kier molecular flexibility index (Phi) is 5.24. The number of hydrogen-bond donors (Lipinski definition) is 1. The minimum absolute atomic E-state index is 0.000177. The van der Waals surface area contributed by atoms with Gasteiger partial charge in [0.15, 0.2) is 0 Å². The van der Waals surface area contributed by atoms with Gasteiger partial charge in [-0.15, -0.1) is 0 Å². The molecule has 0 aromatic heterocycles. The molecule has 0 bridgehead atoms. The van der Waals surface area contributed by atoms with Crippen LogP contribution in [0.25, 0.3) is 0 Å². The topological polar surface area (TPSA) is 66.5 Å². The molecule has 1 saturated heterocycles. The monoisotopic (exact) mass is 330 g/mol. The van der Waals surface area contributed by atoms with E-state index in [-0.39, 0.29) is 17.6 Å². The summed E-state index contributed by atoms with van der Waals surface area (Å²) in [6, 6.07) is 7.07. The molecule has 1 aromatic rings. The zero-order valence-corrected chi connectivity index (χ0v) is 13.5. The SMILES string of the molecule is CCCS(=O)(=O)NCC1CC(=O)N(c2ccc(Cl)cc2)C1. The molecular formula is C14H19ClN2O3S. The normalized spacial score (nSPS) is 19.2. The van der Waals surface area contributed by atoms with Crippen LogP contribution < -0.4 is 9.62 Å². The summed E-state index contributed by atoms with van der Waals surface area (Å²) in [5, 5.41) is 0.620. The molecule has 0 spiro atoms. The summed E-state index contributed by atoms with van der Waals surface area (Å²) in [7, 11) is -3.22. The van der Waals surface area contributed by atoms with Gasteiger partial charge in [-0.25, -0.2) is 13.1 Å². The van der Waals surface area contributed by atoms with Gasteiger partial charge in [0.1, 0.15) is 0 Å². The molecule has 7 heteroatoms. The largest absolute Gasteiger partial charge is 0.312 e.